The summed E-state index contributed by atoms with van der Waals surface area (Å²) in [5.41, 5.74) is 0. The van der Waals surface area contributed by atoms with Gasteiger partial charge in [-0.15, -0.1) is 0 Å². The Morgan fingerprint density at radius 3 is 2.37 bits per heavy atom. The monoisotopic (exact) mass is 283 g/mol. The van der Waals surface area contributed by atoms with Gasteiger partial charge in [0.1, 0.15) is 0 Å². The summed E-state index contributed by atoms with van der Waals surface area (Å²) < 4.78 is 0. The molecule has 1 heterocycles. The fourth-order valence-electron chi connectivity index (χ4n) is 1.56. The predicted octanol–water partition coefficient (Wildman–Crippen LogP) is 2.90. The van der Waals surface area contributed by atoms with Gasteiger partial charge in [-0.1, -0.05) is 25.6 Å². The van der Waals surface area contributed by atoms with E-state index in [0.717, 1.165) is 29.9 Å². The third-order valence-corrected chi connectivity index (χ3v) is 3.68. The molecule has 1 aromatic heterocycles. The number of aromatic nitrogens is 3. The van der Waals surface area contributed by atoms with Crippen molar-refractivity contribution in [2.75, 3.05) is 36.1 Å². The summed E-state index contributed by atoms with van der Waals surface area (Å²) in [6.45, 7) is 10.5. The van der Waals surface area contributed by atoms with Crippen molar-refractivity contribution in [2.24, 2.45) is 5.92 Å². The van der Waals surface area contributed by atoms with Crippen LogP contribution in [-0.4, -0.2) is 40.8 Å². The molecule has 0 atom stereocenters. The molecule has 1 rings (SSSR count). The standard InChI is InChI=1S/C13H25N5S/c1-6-18(7-2)12-15-11(14-5)16-13(17-12)19-9-8-10(3)4/h10H,6-9H2,1-5H3,(H,14,15,16,17). The molecule has 0 aliphatic rings. The quantitative estimate of drug-likeness (QED) is 0.740. The Morgan fingerprint density at radius 1 is 1.16 bits per heavy atom. The summed E-state index contributed by atoms with van der Waals surface area (Å²) in [6, 6.07) is 0. The summed E-state index contributed by atoms with van der Waals surface area (Å²) in [5.74, 6) is 3.16. The Labute approximate surface area is 120 Å². The van der Waals surface area contributed by atoms with E-state index in [1.165, 1.54) is 6.42 Å². The summed E-state index contributed by atoms with van der Waals surface area (Å²) >= 11 is 1.70. The van der Waals surface area contributed by atoms with Crippen LogP contribution in [-0.2, 0) is 0 Å². The highest BCUT2D eigenvalue weighted by molar-refractivity contribution is 7.99. The zero-order chi connectivity index (χ0) is 14.3. The molecule has 0 aliphatic carbocycles. The number of nitrogens with zero attached hydrogens (tertiary/aromatic N) is 4. The zero-order valence-electron chi connectivity index (χ0n) is 12.6. The first-order valence-corrected chi connectivity index (χ1v) is 7.90. The molecular formula is C13H25N5S. The molecule has 0 aliphatic heterocycles. The Bertz CT molecular complexity index is 379. The minimum absolute atomic E-state index is 0.643. The van der Waals surface area contributed by atoms with Gasteiger partial charge in [0.15, 0.2) is 5.16 Å². The SMILES string of the molecule is CCN(CC)c1nc(NC)nc(SCCC(C)C)n1. The third kappa shape index (κ3) is 5.22. The van der Waals surface area contributed by atoms with Gasteiger partial charge in [-0.25, -0.2) is 0 Å². The first-order chi connectivity index (χ1) is 9.10. The Morgan fingerprint density at radius 2 is 1.84 bits per heavy atom. The second-order valence-corrected chi connectivity index (χ2v) is 5.76. The van der Waals surface area contributed by atoms with Crippen molar-refractivity contribution < 1.29 is 0 Å². The molecular weight excluding hydrogens is 258 g/mol. The van der Waals surface area contributed by atoms with Gasteiger partial charge >= 0.3 is 0 Å². The molecule has 6 heteroatoms. The summed E-state index contributed by atoms with van der Waals surface area (Å²) in [7, 11) is 1.84. The van der Waals surface area contributed by atoms with Gasteiger partial charge in [0.2, 0.25) is 11.9 Å². The molecule has 0 unspecified atom stereocenters. The van der Waals surface area contributed by atoms with E-state index in [9.17, 15) is 0 Å². The second-order valence-electron chi connectivity index (χ2n) is 4.69. The second kappa shape index (κ2) is 8.19. The van der Waals surface area contributed by atoms with E-state index in [2.05, 4.69) is 52.9 Å². The molecule has 0 amide bonds. The maximum Gasteiger partial charge on any atom is 0.231 e. The Kier molecular flexibility index (Phi) is 6.91. The van der Waals surface area contributed by atoms with Crippen molar-refractivity contribution in [1.82, 2.24) is 15.0 Å². The minimum atomic E-state index is 0.643. The summed E-state index contributed by atoms with van der Waals surface area (Å²) in [5, 5.41) is 3.82. The highest BCUT2D eigenvalue weighted by atomic mass is 32.2. The van der Waals surface area contributed by atoms with Gasteiger partial charge in [0.25, 0.3) is 0 Å². The van der Waals surface area contributed by atoms with E-state index in [4.69, 9.17) is 0 Å². The lowest BCUT2D eigenvalue weighted by Gasteiger charge is -2.19. The average Bonchev–Trinajstić information content (AvgIpc) is 2.39. The molecule has 19 heavy (non-hydrogen) atoms. The minimum Gasteiger partial charge on any atom is -0.357 e. The van der Waals surface area contributed by atoms with Crippen molar-refractivity contribution in [3.63, 3.8) is 0 Å². The first-order valence-electron chi connectivity index (χ1n) is 6.92. The molecule has 0 bridgehead atoms. The van der Waals surface area contributed by atoms with E-state index in [0.29, 0.717) is 11.9 Å². The van der Waals surface area contributed by atoms with Crippen LogP contribution in [0.5, 0.6) is 0 Å². The molecule has 0 aromatic carbocycles. The lowest BCUT2D eigenvalue weighted by Crippen LogP contribution is -2.25. The third-order valence-electron chi connectivity index (χ3n) is 2.80. The molecule has 1 N–H and O–H groups in total. The molecule has 0 radical (unpaired) electrons. The molecule has 0 saturated heterocycles. The van der Waals surface area contributed by atoms with Crippen LogP contribution < -0.4 is 10.2 Å². The molecule has 0 spiro atoms. The van der Waals surface area contributed by atoms with Crippen LogP contribution in [0.15, 0.2) is 5.16 Å². The van der Waals surface area contributed by atoms with Crippen molar-refractivity contribution in [1.29, 1.82) is 0 Å². The number of hydrogen-bond acceptors (Lipinski definition) is 6. The maximum atomic E-state index is 4.55. The van der Waals surface area contributed by atoms with Crippen LogP contribution in [0.1, 0.15) is 34.1 Å². The fraction of sp³-hybridized carbons (Fsp3) is 0.769. The van der Waals surface area contributed by atoms with Crippen LogP contribution in [0.2, 0.25) is 0 Å². The Balaban J connectivity index is 2.82. The van der Waals surface area contributed by atoms with Crippen molar-refractivity contribution in [3.05, 3.63) is 0 Å². The van der Waals surface area contributed by atoms with Crippen molar-refractivity contribution >= 4 is 23.7 Å². The van der Waals surface area contributed by atoms with Gasteiger partial charge < -0.3 is 10.2 Å². The van der Waals surface area contributed by atoms with E-state index in [1.54, 1.807) is 11.8 Å². The summed E-state index contributed by atoms with van der Waals surface area (Å²) in [6.07, 6.45) is 1.17. The normalized spacial score (nSPS) is 10.8. The lowest BCUT2D eigenvalue weighted by molar-refractivity contribution is 0.631. The van der Waals surface area contributed by atoms with E-state index in [-0.39, 0.29) is 0 Å². The number of nitrogens with one attached hydrogen (secondary N) is 1. The number of anilines is 2. The van der Waals surface area contributed by atoms with Gasteiger partial charge in [0, 0.05) is 25.9 Å². The zero-order valence-corrected chi connectivity index (χ0v) is 13.4. The fourth-order valence-corrected chi connectivity index (χ4v) is 2.63. The van der Waals surface area contributed by atoms with Gasteiger partial charge in [-0.3, -0.25) is 0 Å². The lowest BCUT2D eigenvalue weighted by atomic mass is 10.2. The van der Waals surface area contributed by atoms with Crippen LogP contribution in [0, 0.1) is 5.92 Å². The molecule has 5 nitrogen and oxygen atoms in total. The van der Waals surface area contributed by atoms with Crippen LogP contribution >= 0.6 is 11.8 Å². The van der Waals surface area contributed by atoms with Crippen LogP contribution in [0.25, 0.3) is 0 Å². The molecule has 0 saturated carbocycles. The topological polar surface area (TPSA) is 53.9 Å². The van der Waals surface area contributed by atoms with E-state index >= 15 is 0 Å². The molecule has 0 fully saturated rings. The first kappa shape index (κ1) is 16.0. The summed E-state index contributed by atoms with van der Waals surface area (Å²) in [4.78, 5) is 15.5. The maximum absolute atomic E-state index is 4.55. The highest BCUT2D eigenvalue weighted by Crippen LogP contribution is 2.20. The number of thioether (sulfide) groups is 1. The number of hydrogen-bond donors (Lipinski definition) is 1. The van der Waals surface area contributed by atoms with Crippen LogP contribution in [0.3, 0.4) is 0 Å². The van der Waals surface area contributed by atoms with Gasteiger partial charge in [0.05, 0.1) is 0 Å². The largest absolute Gasteiger partial charge is 0.357 e. The Hall–Kier alpha value is -1.04. The van der Waals surface area contributed by atoms with Crippen molar-refractivity contribution in [2.45, 2.75) is 39.3 Å². The molecule has 1 aromatic rings. The highest BCUT2D eigenvalue weighted by Gasteiger charge is 2.10. The van der Waals surface area contributed by atoms with E-state index in [1.807, 2.05) is 7.05 Å². The average molecular weight is 283 g/mol. The molecule has 108 valence electrons. The van der Waals surface area contributed by atoms with Gasteiger partial charge in [-0.2, -0.15) is 15.0 Å². The van der Waals surface area contributed by atoms with E-state index < -0.39 is 0 Å². The smallest absolute Gasteiger partial charge is 0.231 e. The predicted molar refractivity (Wildman–Crippen MR) is 83.1 cm³/mol. The van der Waals surface area contributed by atoms with Crippen LogP contribution in [0.4, 0.5) is 11.9 Å². The van der Waals surface area contributed by atoms with Crippen molar-refractivity contribution in [3.8, 4) is 0 Å². The number of rotatable bonds is 8. The van der Waals surface area contributed by atoms with Gasteiger partial charge in [-0.05, 0) is 26.2 Å².